The van der Waals surface area contributed by atoms with Crippen LogP contribution in [0.3, 0.4) is 0 Å². The monoisotopic (exact) mass is 266 g/mol. The molecule has 0 saturated heterocycles. The van der Waals surface area contributed by atoms with Crippen molar-refractivity contribution in [1.29, 1.82) is 0 Å². The third kappa shape index (κ3) is 4.13. The molecule has 0 fully saturated rings. The van der Waals surface area contributed by atoms with Gasteiger partial charge in [0.25, 0.3) is 5.91 Å². The van der Waals surface area contributed by atoms with Gasteiger partial charge < -0.3 is 20.9 Å². The summed E-state index contributed by atoms with van der Waals surface area (Å²) < 4.78 is 5.34. The first kappa shape index (κ1) is 15.3. The highest BCUT2D eigenvalue weighted by Gasteiger charge is 2.36. The summed E-state index contributed by atoms with van der Waals surface area (Å²) in [5, 5.41) is 12.7. The van der Waals surface area contributed by atoms with Crippen LogP contribution < -0.4 is 15.8 Å². The van der Waals surface area contributed by atoms with E-state index in [1.807, 2.05) is 0 Å². The van der Waals surface area contributed by atoms with E-state index in [1.165, 1.54) is 0 Å². The maximum atomic E-state index is 11.8. The molecule has 0 aliphatic carbocycles. The first-order chi connectivity index (χ1) is 8.63. The molecule has 0 bridgehead atoms. The molecule has 5 heteroatoms. The molecule has 106 valence electrons. The zero-order valence-electron chi connectivity index (χ0n) is 11.9. The summed E-state index contributed by atoms with van der Waals surface area (Å²) in [6, 6.07) is 6.97. The van der Waals surface area contributed by atoms with Crippen molar-refractivity contribution < 1.29 is 14.6 Å². The Morgan fingerprint density at radius 3 is 2.42 bits per heavy atom. The number of benzene rings is 1. The van der Waals surface area contributed by atoms with Crippen LogP contribution in [0.5, 0.6) is 5.75 Å². The van der Waals surface area contributed by atoms with E-state index in [1.54, 1.807) is 52.0 Å². The average molecular weight is 266 g/mol. The minimum absolute atomic E-state index is 0.145. The highest BCUT2D eigenvalue weighted by Crippen LogP contribution is 2.21. The van der Waals surface area contributed by atoms with E-state index in [0.29, 0.717) is 11.4 Å². The molecule has 0 aliphatic heterocycles. The quantitative estimate of drug-likeness (QED) is 0.702. The molecule has 0 heterocycles. The Bertz CT molecular complexity index is 450. The molecule has 0 spiro atoms. The van der Waals surface area contributed by atoms with Crippen molar-refractivity contribution >= 4 is 11.6 Å². The number of aliphatic hydroxyl groups is 1. The van der Waals surface area contributed by atoms with Crippen LogP contribution in [0.15, 0.2) is 24.3 Å². The summed E-state index contributed by atoms with van der Waals surface area (Å²) in [6.45, 7) is 6.64. The molecular formula is C14H22N2O3. The van der Waals surface area contributed by atoms with Gasteiger partial charge in [-0.1, -0.05) is 12.1 Å². The lowest BCUT2D eigenvalue weighted by Crippen LogP contribution is -2.58. The molecule has 0 atom stereocenters. The molecule has 0 saturated carbocycles. The number of anilines is 1. The minimum atomic E-state index is -1.03. The molecule has 4 N–H and O–H groups in total. The second kappa shape index (κ2) is 5.48. The van der Waals surface area contributed by atoms with Crippen molar-refractivity contribution in [2.75, 3.05) is 12.3 Å². The normalized spacial score (nSPS) is 12.1. The van der Waals surface area contributed by atoms with Gasteiger partial charge in [0.2, 0.25) is 0 Å². The minimum Gasteiger partial charge on any atom is -0.482 e. The van der Waals surface area contributed by atoms with E-state index in [-0.39, 0.29) is 12.5 Å². The Kier molecular flexibility index (Phi) is 4.42. The predicted octanol–water partition coefficient (Wildman–Crippen LogP) is 1.31. The Hall–Kier alpha value is -1.75. The lowest BCUT2D eigenvalue weighted by atomic mass is 9.86. The number of hydrogen-bond acceptors (Lipinski definition) is 4. The average Bonchev–Trinajstić information content (AvgIpc) is 2.26. The van der Waals surface area contributed by atoms with Gasteiger partial charge in [-0.15, -0.1) is 0 Å². The molecule has 1 aromatic carbocycles. The van der Waals surface area contributed by atoms with Crippen LogP contribution in [0.1, 0.15) is 27.7 Å². The number of nitrogen functional groups attached to an aromatic ring is 1. The highest BCUT2D eigenvalue weighted by atomic mass is 16.5. The van der Waals surface area contributed by atoms with E-state index < -0.39 is 11.1 Å². The van der Waals surface area contributed by atoms with Crippen molar-refractivity contribution in [2.45, 2.75) is 38.8 Å². The number of amides is 1. The van der Waals surface area contributed by atoms with Crippen molar-refractivity contribution in [2.24, 2.45) is 0 Å². The van der Waals surface area contributed by atoms with Crippen LogP contribution in [0.2, 0.25) is 0 Å². The number of ether oxygens (including phenoxy) is 1. The predicted molar refractivity (Wildman–Crippen MR) is 74.9 cm³/mol. The number of carbonyl (C=O) groups excluding carboxylic acids is 1. The number of nitrogens with one attached hydrogen (secondary N) is 1. The second-order valence-electron chi connectivity index (χ2n) is 5.56. The smallest absolute Gasteiger partial charge is 0.258 e. The van der Waals surface area contributed by atoms with Gasteiger partial charge in [0.15, 0.2) is 6.61 Å². The van der Waals surface area contributed by atoms with Crippen LogP contribution in [-0.2, 0) is 4.79 Å². The lowest BCUT2D eigenvalue weighted by molar-refractivity contribution is -0.128. The van der Waals surface area contributed by atoms with E-state index >= 15 is 0 Å². The number of rotatable bonds is 5. The third-order valence-electron chi connectivity index (χ3n) is 3.26. The van der Waals surface area contributed by atoms with Crippen molar-refractivity contribution in [3.63, 3.8) is 0 Å². The Labute approximate surface area is 113 Å². The largest absolute Gasteiger partial charge is 0.482 e. The second-order valence-corrected chi connectivity index (χ2v) is 5.56. The fourth-order valence-electron chi connectivity index (χ4n) is 1.29. The Morgan fingerprint density at radius 2 is 1.89 bits per heavy atom. The van der Waals surface area contributed by atoms with E-state index in [9.17, 15) is 9.90 Å². The van der Waals surface area contributed by atoms with Crippen LogP contribution >= 0.6 is 0 Å². The fourth-order valence-corrected chi connectivity index (χ4v) is 1.29. The van der Waals surface area contributed by atoms with Crippen molar-refractivity contribution in [3.05, 3.63) is 24.3 Å². The summed E-state index contributed by atoms with van der Waals surface area (Å²) in [5.41, 5.74) is 4.40. The first-order valence-corrected chi connectivity index (χ1v) is 6.14. The molecule has 0 aromatic heterocycles. The molecule has 5 nitrogen and oxygen atoms in total. The van der Waals surface area contributed by atoms with Crippen LogP contribution in [-0.4, -0.2) is 28.8 Å². The van der Waals surface area contributed by atoms with Gasteiger partial charge in [-0.25, -0.2) is 0 Å². The molecule has 0 unspecified atom stereocenters. The zero-order chi connectivity index (χ0) is 14.7. The molecular weight excluding hydrogens is 244 g/mol. The van der Waals surface area contributed by atoms with Crippen LogP contribution in [0, 0.1) is 0 Å². The molecule has 19 heavy (non-hydrogen) atoms. The number of para-hydroxylation sites is 2. The fraction of sp³-hybridized carbons (Fsp3) is 0.500. The summed E-state index contributed by atoms with van der Waals surface area (Å²) in [6.07, 6.45) is 0. The maximum Gasteiger partial charge on any atom is 0.258 e. The lowest BCUT2D eigenvalue weighted by Gasteiger charge is -2.37. The van der Waals surface area contributed by atoms with Crippen LogP contribution in [0.25, 0.3) is 0 Å². The van der Waals surface area contributed by atoms with Gasteiger partial charge in [0, 0.05) is 0 Å². The Balaban J connectivity index is 2.56. The molecule has 0 aliphatic rings. The first-order valence-electron chi connectivity index (χ1n) is 6.14. The SMILES string of the molecule is CC(C)(O)C(C)(C)NC(=O)COc1ccccc1N. The standard InChI is InChI=1S/C14H22N2O3/c1-13(2,14(3,4)18)16-12(17)9-19-11-8-6-5-7-10(11)15/h5-8,18H,9,15H2,1-4H3,(H,16,17). The maximum absolute atomic E-state index is 11.8. The number of hydrogen-bond donors (Lipinski definition) is 3. The number of nitrogens with two attached hydrogens (primary N) is 1. The summed E-state index contributed by atoms with van der Waals surface area (Å²) in [5.74, 6) is 0.161. The summed E-state index contributed by atoms with van der Waals surface area (Å²) >= 11 is 0. The van der Waals surface area contributed by atoms with Crippen molar-refractivity contribution in [1.82, 2.24) is 5.32 Å². The van der Waals surface area contributed by atoms with Gasteiger partial charge in [-0.05, 0) is 39.8 Å². The highest BCUT2D eigenvalue weighted by molar-refractivity contribution is 5.78. The van der Waals surface area contributed by atoms with Crippen LogP contribution in [0.4, 0.5) is 5.69 Å². The molecule has 1 rings (SSSR count). The summed E-state index contributed by atoms with van der Waals surface area (Å²) in [4.78, 5) is 11.8. The molecule has 1 aromatic rings. The van der Waals surface area contributed by atoms with Gasteiger partial charge in [0.05, 0.1) is 16.8 Å². The zero-order valence-corrected chi connectivity index (χ0v) is 11.9. The van der Waals surface area contributed by atoms with E-state index in [4.69, 9.17) is 10.5 Å². The Morgan fingerprint density at radius 1 is 1.32 bits per heavy atom. The van der Waals surface area contributed by atoms with E-state index in [2.05, 4.69) is 5.32 Å². The van der Waals surface area contributed by atoms with Gasteiger partial charge >= 0.3 is 0 Å². The van der Waals surface area contributed by atoms with Gasteiger partial charge in [-0.2, -0.15) is 0 Å². The van der Waals surface area contributed by atoms with Gasteiger partial charge in [-0.3, -0.25) is 4.79 Å². The summed E-state index contributed by atoms with van der Waals surface area (Å²) in [7, 11) is 0. The molecule has 1 amide bonds. The van der Waals surface area contributed by atoms with Crippen molar-refractivity contribution in [3.8, 4) is 5.75 Å². The third-order valence-corrected chi connectivity index (χ3v) is 3.26. The van der Waals surface area contributed by atoms with Gasteiger partial charge in [0.1, 0.15) is 5.75 Å². The molecule has 0 radical (unpaired) electrons. The van der Waals surface area contributed by atoms with E-state index in [0.717, 1.165) is 0 Å². The number of carbonyl (C=O) groups is 1. The topological polar surface area (TPSA) is 84.6 Å².